The van der Waals surface area contributed by atoms with Crippen LogP contribution >= 0.6 is 23.4 Å². The number of thioether (sulfide) groups is 1. The maximum Gasteiger partial charge on any atom is 1.00 e. The molecule has 1 aromatic carbocycles. The first kappa shape index (κ1) is 15.4. The number of hydrogen-bond acceptors (Lipinski definition) is 4. The molecule has 8 heteroatoms. The maximum atomic E-state index is 11.6. The molecule has 0 atom stereocenters. The Hall–Kier alpha value is 1.34. The Labute approximate surface area is 151 Å². The smallest absolute Gasteiger partial charge is 0.752 e. The first-order valence-corrected chi connectivity index (χ1v) is 6.94. The Balaban J connectivity index is 0.00000128. The van der Waals surface area contributed by atoms with Crippen LogP contribution in [0, 0.1) is 6.92 Å². The van der Waals surface area contributed by atoms with Crippen LogP contribution in [0.25, 0.3) is 0 Å². The van der Waals surface area contributed by atoms with Crippen LogP contribution < -0.4 is 51.4 Å². The van der Waals surface area contributed by atoms with E-state index in [-0.39, 0.29) is 60.7 Å². The number of hydrogen-bond donors (Lipinski definition) is 0. The molecule has 0 saturated heterocycles. The van der Waals surface area contributed by atoms with Gasteiger partial charge in [0, 0.05) is 9.92 Å². The number of rotatable bonds is 0. The molecule has 0 amide bonds. The van der Waals surface area contributed by atoms with Gasteiger partial charge < -0.3 is 12.6 Å². The van der Waals surface area contributed by atoms with Gasteiger partial charge in [-0.15, -0.1) is 0 Å². The van der Waals surface area contributed by atoms with Crippen LogP contribution in [0.5, 0.6) is 0 Å². The first-order chi connectivity index (χ1) is 6.90. The van der Waals surface area contributed by atoms with E-state index in [0.29, 0.717) is 15.5 Å². The Morgan fingerprint density at radius 1 is 1.44 bits per heavy atom. The number of halogens is 1. The molecule has 2 rings (SSSR count). The number of aryl methyl sites for hydroxylation is 1. The van der Waals surface area contributed by atoms with Gasteiger partial charge in [0.05, 0.1) is 0 Å². The van der Waals surface area contributed by atoms with E-state index >= 15 is 0 Å². The summed E-state index contributed by atoms with van der Waals surface area (Å²) in [4.78, 5) is 0.730. The molecule has 3 nitrogen and oxygen atoms in total. The van der Waals surface area contributed by atoms with Gasteiger partial charge in [0.15, 0.2) is 0 Å². The van der Waals surface area contributed by atoms with Crippen molar-refractivity contribution in [3.63, 3.8) is 0 Å². The summed E-state index contributed by atoms with van der Waals surface area (Å²) < 4.78 is 26.8. The van der Waals surface area contributed by atoms with Crippen LogP contribution in [0.2, 0.25) is 5.02 Å². The van der Waals surface area contributed by atoms with Crippen molar-refractivity contribution in [1.82, 2.24) is 0 Å². The van der Waals surface area contributed by atoms with Gasteiger partial charge in [0.25, 0.3) is 10.0 Å². The summed E-state index contributed by atoms with van der Waals surface area (Å²) in [6.07, 6.45) is 0. The largest absolute Gasteiger partial charge is 1.00 e. The second kappa shape index (κ2) is 5.54. The van der Waals surface area contributed by atoms with E-state index in [2.05, 4.69) is 4.40 Å². The molecule has 0 unspecified atom stereocenters. The number of fused-ring (bicyclic) bond motifs is 1. The third-order valence-corrected chi connectivity index (χ3v) is 5.14. The summed E-state index contributed by atoms with van der Waals surface area (Å²) in [5.74, 6) is 0. The topological polar surface area (TPSA) is 46.5 Å². The Morgan fingerprint density at radius 2 is 2.06 bits per heavy atom. The molecular formula is C8H5ClKNO2S3. The fourth-order valence-electron chi connectivity index (χ4n) is 1.18. The van der Waals surface area contributed by atoms with Crippen molar-refractivity contribution in [3.8, 4) is 0 Å². The van der Waals surface area contributed by atoms with Crippen LogP contribution in [0.3, 0.4) is 0 Å². The first-order valence-electron chi connectivity index (χ1n) is 3.90. The molecule has 0 N–H and O–H groups in total. The van der Waals surface area contributed by atoms with Gasteiger partial charge in [-0.3, -0.25) is 0 Å². The summed E-state index contributed by atoms with van der Waals surface area (Å²) in [5, 5.41) is 0.529. The predicted octanol–water partition coefficient (Wildman–Crippen LogP) is -0.650. The minimum absolute atomic E-state index is 0. The standard InChI is InChI=1S/C8H6ClNO2S3.K/c1-4-2-7-6(3-5(4)9)14-8(13)10-15(7,11)12;/h2-3H,1H3,(H,10,13);/q;+1/p-1. The van der Waals surface area contributed by atoms with Crippen molar-refractivity contribution in [1.29, 1.82) is 0 Å². The van der Waals surface area contributed by atoms with E-state index in [1.165, 1.54) is 6.07 Å². The van der Waals surface area contributed by atoms with Gasteiger partial charge in [-0.25, -0.2) is 0 Å². The zero-order valence-electron chi connectivity index (χ0n) is 8.52. The van der Waals surface area contributed by atoms with Crippen LogP contribution in [0.15, 0.2) is 26.3 Å². The quantitative estimate of drug-likeness (QED) is 0.471. The summed E-state index contributed by atoms with van der Waals surface area (Å²) in [7, 11) is -3.63. The Kier molecular flexibility index (Phi) is 5.33. The van der Waals surface area contributed by atoms with Crippen molar-refractivity contribution < 1.29 is 59.8 Å². The van der Waals surface area contributed by atoms with Gasteiger partial charge in [-0.2, -0.15) is 12.8 Å². The fourth-order valence-corrected chi connectivity index (χ4v) is 4.31. The van der Waals surface area contributed by atoms with Gasteiger partial charge in [0.1, 0.15) is 4.90 Å². The summed E-state index contributed by atoms with van der Waals surface area (Å²) >= 11 is 11.8. The van der Waals surface area contributed by atoms with Crippen LogP contribution in [-0.2, 0) is 22.7 Å². The molecular weight excluding hydrogens is 313 g/mol. The molecule has 0 spiro atoms. The van der Waals surface area contributed by atoms with Crippen LogP contribution in [0.4, 0.5) is 0 Å². The van der Waals surface area contributed by atoms with Gasteiger partial charge in [-0.1, -0.05) is 23.4 Å². The molecule has 1 aromatic rings. The minimum Gasteiger partial charge on any atom is -0.752 e. The van der Waals surface area contributed by atoms with Crippen molar-refractivity contribution in [2.45, 2.75) is 16.7 Å². The molecule has 0 radical (unpaired) electrons. The van der Waals surface area contributed by atoms with Gasteiger partial charge in [-0.05, 0) is 29.0 Å². The van der Waals surface area contributed by atoms with E-state index in [9.17, 15) is 8.42 Å². The third kappa shape index (κ3) is 3.01. The zero-order chi connectivity index (χ0) is 11.2. The SMILES string of the molecule is Cc1cc2c(cc1Cl)SC([S-])=NS2(=O)=O.[K+]. The number of benzene rings is 1. The maximum absolute atomic E-state index is 11.6. The molecule has 0 aliphatic carbocycles. The molecule has 0 fully saturated rings. The van der Waals surface area contributed by atoms with E-state index in [1.54, 1.807) is 13.0 Å². The molecule has 0 aromatic heterocycles. The molecule has 0 saturated carbocycles. The average Bonchev–Trinajstić information content (AvgIpc) is 2.07. The zero-order valence-corrected chi connectivity index (χ0v) is 14.8. The van der Waals surface area contributed by atoms with E-state index in [0.717, 1.165) is 11.8 Å². The van der Waals surface area contributed by atoms with E-state index < -0.39 is 10.0 Å². The monoisotopic (exact) mass is 317 g/mol. The second-order valence-corrected chi connectivity index (χ2v) is 6.64. The summed E-state index contributed by atoms with van der Waals surface area (Å²) in [5.41, 5.74) is 0.711. The molecule has 0 bridgehead atoms. The minimum atomic E-state index is -3.63. The Bertz CT molecular complexity index is 571. The van der Waals surface area contributed by atoms with Crippen molar-refractivity contribution >= 4 is 50.4 Å². The normalized spacial score (nSPS) is 17.0. The molecule has 1 heterocycles. The number of nitrogens with zero attached hydrogens (tertiary/aromatic N) is 1. The molecule has 1 aliphatic rings. The van der Waals surface area contributed by atoms with Crippen molar-refractivity contribution in [3.05, 3.63) is 22.7 Å². The van der Waals surface area contributed by atoms with E-state index in [1.807, 2.05) is 0 Å². The van der Waals surface area contributed by atoms with Gasteiger partial charge in [0.2, 0.25) is 0 Å². The van der Waals surface area contributed by atoms with Crippen LogP contribution in [0.1, 0.15) is 5.56 Å². The molecule has 16 heavy (non-hydrogen) atoms. The second-order valence-electron chi connectivity index (χ2n) is 2.98. The number of sulfonamides is 1. The molecule has 80 valence electrons. The van der Waals surface area contributed by atoms with Crippen molar-refractivity contribution in [2.75, 3.05) is 0 Å². The predicted molar refractivity (Wildman–Crippen MR) is 64.0 cm³/mol. The van der Waals surface area contributed by atoms with Gasteiger partial charge >= 0.3 is 51.4 Å². The molecule has 1 aliphatic heterocycles. The van der Waals surface area contributed by atoms with Crippen LogP contribution in [-0.4, -0.2) is 12.8 Å². The fraction of sp³-hybridized carbons (Fsp3) is 0.125. The average molecular weight is 318 g/mol. The summed E-state index contributed by atoms with van der Waals surface area (Å²) in [6.45, 7) is 1.75. The summed E-state index contributed by atoms with van der Waals surface area (Å²) in [6, 6.07) is 3.13. The third-order valence-electron chi connectivity index (χ3n) is 1.89. The van der Waals surface area contributed by atoms with E-state index in [4.69, 9.17) is 24.2 Å². The van der Waals surface area contributed by atoms with Crippen molar-refractivity contribution in [2.24, 2.45) is 4.40 Å². The Morgan fingerprint density at radius 3 is 2.69 bits per heavy atom.